The molecule has 2 aromatic carbocycles. The number of carbonyl (C=O) groups is 1. The van der Waals surface area contributed by atoms with Crippen LogP contribution in [-0.2, 0) is 6.54 Å². The molecular formula is C19H19FN2O2. The van der Waals surface area contributed by atoms with Crippen LogP contribution < -0.4 is 10.1 Å². The lowest BCUT2D eigenvalue weighted by Gasteiger charge is -2.17. The van der Waals surface area contributed by atoms with E-state index in [1.54, 1.807) is 19.2 Å². The molecule has 0 aliphatic carbocycles. The lowest BCUT2D eigenvalue weighted by molar-refractivity contribution is 0.208. The number of methoxy groups -OCH3 is 1. The Labute approximate surface area is 141 Å². The minimum absolute atomic E-state index is 0.182. The molecule has 5 heteroatoms. The predicted molar refractivity (Wildman–Crippen MR) is 91.1 cm³/mol. The van der Waals surface area contributed by atoms with E-state index >= 15 is 0 Å². The number of benzene rings is 2. The van der Waals surface area contributed by atoms with Crippen molar-refractivity contribution in [1.29, 1.82) is 0 Å². The Bertz CT molecular complexity index is 751. The fourth-order valence-electron chi connectivity index (χ4n) is 2.08. The Hall–Kier alpha value is -3.00. The van der Waals surface area contributed by atoms with Crippen molar-refractivity contribution in [1.82, 2.24) is 10.2 Å². The van der Waals surface area contributed by atoms with Crippen LogP contribution in [0, 0.1) is 17.7 Å². The molecule has 0 unspecified atom stereocenters. The first-order valence-electron chi connectivity index (χ1n) is 7.45. The van der Waals surface area contributed by atoms with Crippen LogP contribution in [0.3, 0.4) is 0 Å². The Morgan fingerprint density at radius 2 is 2.00 bits per heavy atom. The maximum Gasteiger partial charge on any atom is 0.318 e. The van der Waals surface area contributed by atoms with E-state index in [0.717, 1.165) is 5.56 Å². The van der Waals surface area contributed by atoms with Gasteiger partial charge in [-0.25, -0.2) is 9.18 Å². The first kappa shape index (κ1) is 17.4. The third-order valence-corrected chi connectivity index (χ3v) is 3.32. The third-order valence-electron chi connectivity index (χ3n) is 3.32. The van der Waals surface area contributed by atoms with Gasteiger partial charge in [0.1, 0.15) is 0 Å². The van der Waals surface area contributed by atoms with Crippen LogP contribution in [0.2, 0.25) is 0 Å². The number of ether oxygens (including phenoxy) is 1. The molecule has 0 fully saturated rings. The second-order valence-corrected chi connectivity index (χ2v) is 5.15. The molecule has 124 valence electrons. The van der Waals surface area contributed by atoms with Gasteiger partial charge in [-0.2, -0.15) is 0 Å². The molecule has 0 aliphatic rings. The van der Waals surface area contributed by atoms with E-state index in [1.807, 2.05) is 30.3 Å². The van der Waals surface area contributed by atoms with Crippen LogP contribution in [0.25, 0.3) is 0 Å². The highest BCUT2D eigenvalue weighted by molar-refractivity contribution is 5.74. The second kappa shape index (κ2) is 8.59. The van der Waals surface area contributed by atoms with Crippen LogP contribution in [-0.4, -0.2) is 31.6 Å². The fraction of sp³-hybridized carbons (Fsp3) is 0.211. The normalized spacial score (nSPS) is 9.62. The van der Waals surface area contributed by atoms with Gasteiger partial charge in [-0.15, -0.1) is 0 Å². The number of carbonyl (C=O) groups excluding carboxylic acids is 1. The number of nitrogens with one attached hydrogen (secondary N) is 1. The molecule has 2 amide bonds. The number of halogens is 1. The van der Waals surface area contributed by atoms with E-state index in [9.17, 15) is 9.18 Å². The Morgan fingerprint density at radius 3 is 2.67 bits per heavy atom. The number of rotatable bonds is 4. The summed E-state index contributed by atoms with van der Waals surface area (Å²) in [5.41, 5.74) is 1.58. The molecule has 0 saturated heterocycles. The highest BCUT2D eigenvalue weighted by atomic mass is 19.1. The van der Waals surface area contributed by atoms with Crippen molar-refractivity contribution in [2.75, 3.05) is 20.7 Å². The maximum absolute atomic E-state index is 13.6. The summed E-state index contributed by atoms with van der Waals surface area (Å²) >= 11 is 0. The minimum atomic E-state index is -0.447. The number of hydrogen-bond acceptors (Lipinski definition) is 2. The standard InChI is InChI=1S/C19H19FN2O2/c1-22(14-16-10-11-18(24-2)17(20)13-16)19(23)21-12-6-9-15-7-4-3-5-8-15/h3-5,7-8,10-11,13H,12,14H2,1-2H3,(H,21,23). The van der Waals surface area contributed by atoms with Gasteiger partial charge in [0.25, 0.3) is 0 Å². The van der Waals surface area contributed by atoms with Crippen molar-refractivity contribution in [2.24, 2.45) is 0 Å². The Balaban J connectivity index is 1.84. The quantitative estimate of drug-likeness (QED) is 0.878. The fourth-order valence-corrected chi connectivity index (χ4v) is 2.08. The minimum Gasteiger partial charge on any atom is -0.494 e. The van der Waals surface area contributed by atoms with Crippen LogP contribution >= 0.6 is 0 Å². The number of amides is 2. The summed E-state index contributed by atoms with van der Waals surface area (Å²) in [5.74, 6) is 5.59. The van der Waals surface area contributed by atoms with Crippen molar-refractivity contribution < 1.29 is 13.9 Å². The van der Waals surface area contributed by atoms with E-state index in [1.165, 1.54) is 18.1 Å². The first-order valence-corrected chi connectivity index (χ1v) is 7.45. The molecule has 0 aromatic heterocycles. The zero-order valence-corrected chi connectivity index (χ0v) is 13.7. The third kappa shape index (κ3) is 5.03. The van der Waals surface area contributed by atoms with Gasteiger partial charge in [0.15, 0.2) is 11.6 Å². The van der Waals surface area contributed by atoms with Crippen molar-refractivity contribution in [3.05, 3.63) is 65.5 Å². The molecule has 0 aliphatic heterocycles. The van der Waals surface area contributed by atoms with Gasteiger partial charge < -0.3 is 15.0 Å². The van der Waals surface area contributed by atoms with E-state index in [-0.39, 0.29) is 18.3 Å². The van der Waals surface area contributed by atoms with Crippen LogP contribution in [0.15, 0.2) is 48.5 Å². The SMILES string of the molecule is COc1ccc(CN(C)C(=O)NCC#Cc2ccccc2)cc1F. The summed E-state index contributed by atoms with van der Waals surface area (Å²) in [5, 5.41) is 2.71. The van der Waals surface area contributed by atoms with Crippen molar-refractivity contribution in [3.8, 4) is 17.6 Å². The van der Waals surface area contributed by atoms with Crippen LogP contribution in [0.4, 0.5) is 9.18 Å². The van der Waals surface area contributed by atoms with Crippen molar-refractivity contribution >= 4 is 6.03 Å². The van der Waals surface area contributed by atoms with Gasteiger partial charge in [0.2, 0.25) is 0 Å². The van der Waals surface area contributed by atoms with Gasteiger partial charge in [-0.3, -0.25) is 0 Å². The highest BCUT2D eigenvalue weighted by Gasteiger charge is 2.10. The van der Waals surface area contributed by atoms with E-state index in [4.69, 9.17) is 4.74 Å². The van der Waals surface area contributed by atoms with Crippen LogP contribution in [0.1, 0.15) is 11.1 Å². The smallest absolute Gasteiger partial charge is 0.318 e. The molecule has 4 nitrogen and oxygen atoms in total. The molecule has 0 spiro atoms. The summed E-state index contributed by atoms with van der Waals surface area (Å²) in [4.78, 5) is 13.5. The summed E-state index contributed by atoms with van der Waals surface area (Å²) in [6, 6.07) is 13.9. The van der Waals surface area contributed by atoms with Gasteiger partial charge in [0, 0.05) is 19.2 Å². The monoisotopic (exact) mass is 326 g/mol. The first-order chi connectivity index (χ1) is 11.6. The van der Waals surface area contributed by atoms with Gasteiger partial charge in [-0.05, 0) is 29.8 Å². The van der Waals surface area contributed by atoms with Crippen molar-refractivity contribution in [2.45, 2.75) is 6.54 Å². The molecule has 0 heterocycles. The average molecular weight is 326 g/mol. The maximum atomic E-state index is 13.6. The van der Waals surface area contributed by atoms with Gasteiger partial charge >= 0.3 is 6.03 Å². The second-order valence-electron chi connectivity index (χ2n) is 5.15. The zero-order valence-electron chi connectivity index (χ0n) is 13.7. The van der Waals surface area contributed by atoms with Gasteiger partial charge in [0.05, 0.1) is 13.7 Å². The highest BCUT2D eigenvalue weighted by Crippen LogP contribution is 2.18. The molecule has 2 rings (SSSR count). The van der Waals surface area contributed by atoms with E-state index in [0.29, 0.717) is 12.1 Å². The number of nitrogens with zero attached hydrogens (tertiary/aromatic N) is 1. The molecular weight excluding hydrogens is 307 g/mol. The van der Waals surface area contributed by atoms with Crippen molar-refractivity contribution in [3.63, 3.8) is 0 Å². The Morgan fingerprint density at radius 1 is 1.25 bits per heavy atom. The lowest BCUT2D eigenvalue weighted by Crippen LogP contribution is -2.36. The molecule has 0 bridgehead atoms. The molecule has 1 N–H and O–H groups in total. The lowest BCUT2D eigenvalue weighted by atomic mass is 10.2. The topological polar surface area (TPSA) is 41.6 Å². The largest absolute Gasteiger partial charge is 0.494 e. The molecule has 24 heavy (non-hydrogen) atoms. The van der Waals surface area contributed by atoms with Crippen LogP contribution in [0.5, 0.6) is 5.75 Å². The molecule has 0 radical (unpaired) electrons. The molecule has 0 atom stereocenters. The Kier molecular flexibility index (Phi) is 6.21. The van der Waals surface area contributed by atoms with E-state index < -0.39 is 5.82 Å². The molecule has 0 saturated carbocycles. The summed E-state index contributed by atoms with van der Waals surface area (Å²) < 4.78 is 18.5. The zero-order chi connectivity index (χ0) is 17.4. The van der Waals surface area contributed by atoms with Gasteiger partial charge in [-0.1, -0.05) is 36.1 Å². The number of urea groups is 1. The average Bonchev–Trinajstić information content (AvgIpc) is 2.59. The predicted octanol–water partition coefficient (Wildman–Crippen LogP) is 3.03. The molecule has 2 aromatic rings. The summed E-state index contributed by atoms with van der Waals surface area (Å²) in [6.45, 7) is 0.536. The summed E-state index contributed by atoms with van der Waals surface area (Å²) in [7, 11) is 3.05. The summed E-state index contributed by atoms with van der Waals surface area (Å²) in [6.07, 6.45) is 0. The number of hydrogen-bond donors (Lipinski definition) is 1. The van der Waals surface area contributed by atoms with E-state index in [2.05, 4.69) is 17.2 Å².